The van der Waals surface area contributed by atoms with E-state index in [2.05, 4.69) is 20.8 Å². The minimum Gasteiger partial charge on any atom is -0.480 e. The summed E-state index contributed by atoms with van der Waals surface area (Å²) in [7, 11) is 0. The van der Waals surface area contributed by atoms with Gasteiger partial charge in [-0.05, 0) is 23.1 Å². The van der Waals surface area contributed by atoms with E-state index in [0.29, 0.717) is 5.56 Å². The minimum absolute atomic E-state index is 0.00494. The van der Waals surface area contributed by atoms with Crippen molar-refractivity contribution in [3.8, 4) is 0 Å². The van der Waals surface area contributed by atoms with E-state index in [4.69, 9.17) is 5.11 Å². The van der Waals surface area contributed by atoms with Crippen LogP contribution < -0.4 is 0 Å². The maximum atomic E-state index is 12.4. The SMILES string of the molecule is CC(C)(C)c1ccc(C(=O)N2C[C@H](O)C[C@@H]2C(=O)O)cc1. The van der Waals surface area contributed by atoms with Gasteiger partial charge in [-0.25, -0.2) is 4.79 Å². The molecule has 0 spiro atoms. The van der Waals surface area contributed by atoms with E-state index in [0.717, 1.165) is 5.56 Å². The Balaban J connectivity index is 2.22. The van der Waals surface area contributed by atoms with Gasteiger partial charge in [0.2, 0.25) is 0 Å². The fourth-order valence-electron chi connectivity index (χ4n) is 2.55. The average molecular weight is 291 g/mol. The molecule has 1 saturated heterocycles. The maximum absolute atomic E-state index is 12.4. The first-order valence-corrected chi connectivity index (χ1v) is 7.02. The Kier molecular flexibility index (Phi) is 4.05. The minimum atomic E-state index is -1.08. The lowest BCUT2D eigenvalue weighted by Crippen LogP contribution is -2.40. The summed E-state index contributed by atoms with van der Waals surface area (Å²) in [5.41, 5.74) is 1.55. The summed E-state index contributed by atoms with van der Waals surface area (Å²) in [6.45, 7) is 6.32. The second kappa shape index (κ2) is 5.48. The molecule has 5 heteroatoms. The summed E-state index contributed by atoms with van der Waals surface area (Å²) in [6, 6.07) is 6.25. The molecule has 21 heavy (non-hydrogen) atoms. The summed E-state index contributed by atoms with van der Waals surface area (Å²) >= 11 is 0. The molecular weight excluding hydrogens is 270 g/mol. The van der Waals surface area contributed by atoms with Crippen molar-refractivity contribution in [2.24, 2.45) is 0 Å². The molecule has 2 rings (SSSR count). The molecule has 114 valence electrons. The van der Waals surface area contributed by atoms with Gasteiger partial charge in [-0.3, -0.25) is 4.79 Å². The predicted molar refractivity (Wildman–Crippen MR) is 78.2 cm³/mol. The van der Waals surface area contributed by atoms with Gasteiger partial charge >= 0.3 is 5.97 Å². The highest BCUT2D eigenvalue weighted by Gasteiger charge is 2.39. The van der Waals surface area contributed by atoms with Gasteiger partial charge in [-0.15, -0.1) is 0 Å². The summed E-state index contributed by atoms with van der Waals surface area (Å²) < 4.78 is 0. The molecule has 0 bridgehead atoms. The summed E-state index contributed by atoms with van der Waals surface area (Å²) in [4.78, 5) is 24.8. The number of nitrogens with zero attached hydrogens (tertiary/aromatic N) is 1. The number of carbonyl (C=O) groups is 2. The van der Waals surface area contributed by atoms with Gasteiger partial charge in [0.15, 0.2) is 0 Å². The first-order chi connectivity index (χ1) is 9.70. The summed E-state index contributed by atoms with van der Waals surface area (Å²) in [5, 5.41) is 18.8. The molecule has 1 aromatic carbocycles. The van der Waals surface area contributed by atoms with Crippen LogP contribution in [0.15, 0.2) is 24.3 Å². The van der Waals surface area contributed by atoms with Crippen LogP contribution in [-0.2, 0) is 10.2 Å². The number of rotatable bonds is 2. The van der Waals surface area contributed by atoms with Gasteiger partial charge < -0.3 is 15.1 Å². The van der Waals surface area contributed by atoms with Crippen LogP contribution in [0.3, 0.4) is 0 Å². The number of hydrogen-bond donors (Lipinski definition) is 2. The number of aliphatic hydroxyl groups is 1. The van der Waals surface area contributed by atoms with Crippen molar-refractivity contribution in [1.82, 2.24) is 4.90 Å². The molecule has 1 aromatic rings. The molecule has 0 radical (unpaired) electrons. The number of aliphatic carboxylic acids is 1. The topological polar surface area (TPSA) is 77.8 Å². The molecule has 1 fully saturated rings. The molecule has 0 unspecified atom stereocenters. The zero-order valence-corrected chi connectivity index (χ0v) is 12.5. The van der Waals surface area contributed by atoms with Gasteiger partial charge in [0, 0.05) is 18.5 Å². The number of aliphatic hydroxyl groups excluding tert-OH is 1. The van der Waals surface area contributed by atoms with E-state index < -0.39 is 18.1 Å². The number of β-amino-alcohol motifs (C(OH)–C–C–N with tert-alkyl or cyclic N) is 1. The van der Waals surface area contributed by atoms with Gasteiger partial charge in [0.05, 0.1) is 6.10 Å². The van der Waals surface area contributed by atoms with Crippen LogP contribution in [0.4, 0.5) is 0 Å². The Morgan fingerprint density at radius 3 is 2.24 bits per heavy atom. The van der Waals surface area contributed by atoms with Crippen LogP contribution in [0.5, 0.6) is 0 Å². The van der Waals surface area contributed by atoms with Crippen molar-refractivity contribution >= 4 is 11.9 Å². The van der Waals surface area contributed by atoms with E-state index in [1.807, 2.05) is 12.1 Å². The number of amides is 1. The molecule has 1 aliphatic rings. The lowest BCUT2D eigenvalue weighted by atomic mass is 9.86. The van der Waals surface area contributed by atoms with Crippen LogP contribution in [0, 0.1) is 0 Å². The third-order valence-electron chi connectivity index (χ3n) is 3.82. The monoisotopic (exact) mass is 291 g/mol. The van der Waals surface area contributed by atoms with Gasteiger partial charge in [-0.2, -0.15) is 0 Å². The highest BCUT2D eigenvalue weighted by molar-refractivity contribution is 5.97. The smallest absolute Gasteiger partial charge is 0.326 e. The highest BCUT2D eigenvalue weighted by Crippen LogP contribution is 2.24. The quantitative estimate of drug-likeness (QED) is 0.868. The Morgan fingerprint density at radius 1 is 1.19 bits per heavy atom. The van der Waals surface area contributed by atoms with Crippen molar-refractivity contribution in [3.63, 3.8) is 0 Å². The van der Waals surface area contributed by atoms with Crippen molar-refractivity contribution in [2.75, 3.05) is 6.54 Å². The number of carboxylic acids is 1. The van der Waals surface area contributed by atoms with E-state index in [9.17, 15) is 14.7 Å². The Labute approximate surface area is 124 Å². The van der Waals surface area contributed by atoms with Crippen molar-refractivity contribution < 1.29 is 19.8 Å². The molecule has 1 aliphatic heterocycles. The fourth-order valence-corrected chi connectivity index (χ4v) is 2.55. The molecule has 0 aromatic heterocycles. The average Bonchev–Trinajstić information content (AvgIpc) is 2.79. The summed E-state index contributed by atoms with van der Waals surface area (Å²) in [6.07, 6.45) is -0.690. The number of likely N-dealkylation sites (tertiary alicyclic amines) is 1. The molecule has 0 saturated carbocycles. The largest absolute Gasteiger partial charge is 0.480 e. The van der Waals surface area contributed by atoms with Crippen molar-refractivity contribution in [2.45, 2.75) is 44.8 Å². The molecule has 2 atom stereocenters. The Hall–Kier alpha value is -1.88. The zero-order chi connectivity index (χ0) is 15.8. The highest BCUT2D eigenvalue weighted by atomic mass is 16.4. The lowest BCUT2D eigenvalue weighted by Gasteiger charge is -2.22. The van der Waals surface area contributed by atoms with E-state index >= 15 is 0 Å². The van der Waals surface area contributed by atoms with Gasteiger partial charge in [0.25, 0.3) is 5.91 Å². The molecule has 2 N–H and O–H groups in total. The third kappa shape index (κ3) is 3.24. The van der Waals surface area contributed by atoms with Crippen LogP contribution in [0.2, 0.25) is 0 Å². The normalized spacial score (nSPS) is 22.4. The molecular formula is C16H21NO4. The van der Waals surface area contributed by atoms with Crippen molar-refractivity contribution in [3.05, 3.63) is 35.4 Å². The standard InChI is InChI=1S/C16H21NO4/c1-16(2,3)11-6-4-10(5-7-11)14(19)17-9-12(18)8-13(17)15(20)21/h4-7,12-13,18H,8-9H2,1-3H3,(H,20,21)/t12-,13-/m1/s1. The second-order valence-electron chi connectivity index (χ2n) is 6.53. The summed E-state index contributed by atoms with van der Waals surface area (Å²) in [5.74, 6) is -1.43. The number of carbonyl (C=O) groups excluding carboxylic acids is 1. The number of benzene rings is 1. The van der Waals surface area contributed by atoms with Gasteiger partial charge in [-0.1, -0.05) is 32.9 Å². The first-order valence-electron chi connectivity index (χ1n) is 7.02. The van der Waals surface area contributed by atoms with E-state index in [1.165, 1.54) is 4.90 Å². The van der Waals surface area contributed by atoms with Gasteiger partial charge in [0.1, 0.15) is 6.04 Å². The molecule has 5 nitrogen and oxygen atoms in total. The lowest BCUT2D eigenvalue weighted by molar-refractivity contribution is -0.141. The van der Waals surface area contributed by atoms with Crippen LogP contribution in [-0.4, -0.2) is 45.7 Å². The maximum Gasteiger partial charge on any atom is 0.326 e. The number of carboxylic acid groups (broad SMARTS) is 1. The molecule has 1 heterocycles. The first kappa shape index (κ1) is 15.5. The third-order valence-corrected chi connectivity index (χ3v) is 3.82. The van der Waals surface area contributed by atoms with Crippen LogP contribution in [0.1, 0.15) is 43.1 Å². The zero-order valence-electron chi connectivity index (χ0n) is 12.5. The van der Waals surface area contributed by atoms with Crippen LogP contribution >= 0.6 is 0 Å². The predicted octanol–water partition coefficient (Wildman–Crippen LogP) is 1.64. The Bertz CT molecular complexity index is 544. The number of hydrogen-bond acceptors (Lipinski definition) is 3. The van der Waals surface area contributed by atoms with E-state index in [1.54, 1.807) is 12.1 Å². The Morgan fingerprint density at radius 2 is 1.76 bits per heavy atom. The fraction of sp³-hybridized carbons (Fsp3) is 0.500. The molecule has 0 aliphatic carbocycles. The van der Waals surface area contributed by atoms with E-state index in [-0.39, 0.29) is 24.3 Å². The second-order valence-corrected chi connectivity index (χ2v) is 6.53. The molecule has 1 amide bonds. The van der Waals surface area contributed by atoms with Crippen molar-refractivity contribution in [1.29, 1.82) is 0 Å². The van der Waals surface area contributed by atoms with Crippen LogP contribution in [0.25, 0.3) is 0 Å².